The van der Waals surface area contributed by atoms with Crippen LogP contribution in [0, 0.1) is 0 Å². The fraction of sp³-hybridized carbons (Fsp3) is 0.350. The molecule has 0 bridgehead atoms. The monoisotopic (exact) mass is 338 g/mol. The van der Waals surface area contributed by atoms with Gasteiger partial charge in [0.1, 0.15) is 5.75 Å². The van der Waals surface area contributed by atoms with Crippen molar-refractivity contribution in [2.24, 2.45) is 0 Å². The van der Waals surface area contributed by atoms with Crippen LogP contribution in [-0.2, 0) is 11.3 Å². The van der Waals surface area contributed by atoms with Crippen LogP contribution in [0.1, 0.15) is 19.4 Å². The summed E-state index contributed by atoms with van der Waals surface area (Å²) < 4.78 is 5.74. The van der Waals surface area contributed by atoms with E-state index in [4.69, 9.17) is 4.74 Å². The van der Waals surface area contributed by atoms with Crippen LogP contribution in [0.15, 0.2) is 41.2 Å². The lowest BCUT2D eigenvalue weighted by molar-refractivity contribution is -0.0707. The third kappa shape index (κ3) is 2.90. The van der Waals surface area contributed by atoms with Gasteiger partial charge in [0.25, 0.3) is 5.56 Å². The maximum atomic E-state index is 12.7. The molecule has 2 unspecified atom stereocenters. The van der Waals surface area contributed by atoms with E-state index in [0.29, 0.717) is 23.0 Å². The largest absolute Gasteiger partial charge is 0.507 e. The first-order valence-electron chi connectivity index (χ1n) is 8.66. The summed E-state index contributed by atoms with van der Waals surface area (Å²) in [5.41, 5.74) is 0.880. The van der Waals surface area contributed by atoms with Gasteiger partial charge in [0.2, 0.25) is 0 Å². The molecule has 0 aliphatic carbocycles. The number of hydrogen-bond acceptors (Lipinski definition) is 4. The van der Waals surface area contributed by atoms with Gasteiger partial charge in [-0.15, -0.1) is 0 Å². The molecule has 2 atom stereocenters. The number of aromatic amines is 1. The second kappa shape index (κ2) is 6.17. The van der Waals surface area contributed by atoms with Crippen molar-refractivity contribution in [1.82, 2.24) is 9.88 Å². The Morgan fingerprint density at radius 3 is 2.60 bits per heavy atom. The summed E-state index contributed by atoms with van der Waals surface area (Å²) in [5, 5.41) is 13.4. The molecular weight excluding hydrogens is 316 g/mol. The van der Waals surface area contributed by atoms with E-state index >= 15 is 0 Å². The van der Waals surface area contributed by atoms with Crippen LogP contribution in [0.3, 0.4) is 0 Å². The van der Waals surface area contributed by atoms with Crippen LogP contribution in [0.5, 0.6) is 5.75 Å². The number of nitrogens with zero attached hydrogens (tertiary/aromatic N) is 1. The summed E-state index contributed by atoms with van der Waals surface area (Å²) in [6.07, 6.45) is 0.240. The maximum Gasteiger partial charge on any atom is 0.256 e. The highest BCUT2D eigenvalue weighted by atomic mass is 16.5. The topological polar surface area (TPSA) is 65.6 Å². The van der Waals surface area contributed by atoms with Gasteiger partial charge in [-0.2, -0.15) is 0 Å². The minimum absolute atomic E-state index is 0.0799. The Labute approximate surface area is 145 Å². The van der Waals surface area contributed by atoms with Gasteiger partial charge in [-0.1, -0.05) is 30.3 Å². The fourth-order valence-corrected chi connectivity index (χ4v) is 3.85. The van der Waals surface area contributed by atoms with E-state index in [9.17, 15) is 9.90 Å². The molecule has 1 aliphatic rings. The maximum absolute atomic E-state index is 12.7. The number of hydrogen-bond donors (Lipinski definition) is 2. The number of rotatable bonds is 2. The minimum atomic E-state index is -0.229. The van der Waals surface area contributed by atoms with Crippen LogP contribution in [0.25, 0.3) is 21.7 Å². The number of pyridine rings is 1. The molecule has 3 aromatic rings. The number of aromatic hydroxyl groups is 1. The number of ether oxygens (including phenoxy) is 1. The lowest BCUT2D eigenvalue weighted by atomic mass is 10.0. The zero-order valence-electron chi connectivity index (χ0n) is 14.5. The molecular formula is C20H22N2O3. The summed E-state index contributed by atoms with van der Waals surface area (Å²) >= 11 is 0. The molecule has 1 aliphatic heterocycles. The number of fused-ring (bicyclic) bond motifs is 3. The Morgan fingerprint density at radius 2 is 1.84 bits per heavy atom. The zero-order chi connectivity index (χ0) is 17.6. The molecule has 1 aromatic heterocycles. The van der Waals surface area contributed by atoms with Crippen molar-refractivity contribution in [2.45, 2.75) is 32.6 Å². The van der Waals surface area contributed by atoms with Gasteiger partial charge in [-0.25, -0.2) is 0 Å². The highest BCUT2D eigenvalue weighted by Crippen LogP contribution is 2.31. The summed E-state index contributed by atoms with van der Waals surface area (Å²) in [6, 6.07) is 11.7. The highest BCUT2D eigenvalue weighted by Gasteiger charge is 2.24. The number of benzene rings is 2. The van der Waals surface area contributed by atoms with E-state index < -0.39 is 0 Å². The molecule has 2 N–H and O–H groups in total. The van der Waals surface area contributed by atoms with Crippen LogP contribution in [0.2, 0.25) is 0 Å². The van der Waals surface area contributed by atoms with E-state index in [1.54, 1.807) is 0 Å². The Bertz CT molecular complexity index is 985. The second-order valence-corrected chi connectivity index (χ2v) is 6.94. The van der Waals surface area contributed by atoms with Crippen molar-refractivity contribution in [3.05, 3.63) is 52.3 Å². The number of morpholine rings is 1. The third-order valence-corrected chi connectivity index (χ3v) is 4.86. The normalized spacial score (nSPS) is 21.8. The molecule has 0 amide bonds. The van der Waals surface area contributed by atoms with Crippen molar-refractivity contribution in [2.75, 3.05) is 13.1 Å². The quantitative estimate of drug-likeness (QED) is 0.705. The van der Waals surface area contributed by atoms with E-state index in [1.807, 2.05) is 50.2 Å². The van der Waals surface area contributed by atoms with Crippen molar-refractivity contribution in [1.29, 1.82) is 0 Å². The SMILES string of the molecule is CC1CN(Cc2c(O)c3ccc4ccccc4c3[nH]c2=O)CC(C)O1. The fourth-order valence-electron chi connectivity index (χ4n) is 3.85. The van der Waals surface area contributed by atoms with Gasteiger partial charge in [0, 0.05) is 30.4 Å². The van der Waals surface area contributed by atoms with Gasteiger partial charge in [-0.05, 0) is 25.3 Å². The van der Waals surface area contributed by atoms with Crippen molar-refractivity contribution >= 4 is 21.7 Å². The van der Waals surface area contributed by atoms with E-state index in [1.165, 1.54) is 0 Å². The average molecular weight is 338 g/mol. The van der Waals surface area contributed by atoms with Crippen LogP contribution in [0.4, 0.5) is 0 Å². The molecule has 0 saturated carbocycles. The summed E-state index contributed by atoms with van der Waals surface area (Å²) in [6.45, 7) is 5.97. The third-order valence-electron chi connectivity index (χ3n) is 4.86. The van der Waals surface area contributed by atoms with Crippen molar-refractivity contribution < 1.29 is 9.84 Å². The molecule has 25 heavy (non-hydrogen) atoms. The van der Waals surface area contributed by atoms with Crippen LogP contribution < -0.4 is 5.56 Å². The molecule has 1 fully saturated rings. The van der Waals surface area contributed by atoms with E-state index in [0.717, 1.165) is 23.9 Å². The van der Waals surface area contributed by atoms with Crippen molar-refractivity contribution in [3.63, 3.8) is 0 Å². The Hall–Kier alpha value is -2.37. The summed E-state index contributed by atoms with van der Waals surface area (Å²) in [4.78, 5) is 17.8. The molecule has 1 saturated heterocycles. The standard InChI is InChI=1S/C20H22N2O3/c1-12-9-22(10-13(2)25-12)11-17-19(23)16-8-7-14-5-3-4-6-15(14)18(16)21-20(17)24/h3-8,12-13H,9-11H2,1-2H3,(H2,21,23,24). The lowest BCUT2D eigenvalue weighted by Gasteiger charge is -2.35. The van der Waals surface area contributed by atoms with Gasteiger partial charge < -0.3 is 14.8 Å². The minimum Gasteiger partial charge on any atom is -0.507 e. The van der Waals surface area contributed by atoms with Crippen molar-refractivity contribution in [3.8, 4) is 5.75 Å². The second-order valence-electron chi connectivity index (χ2n) is 6.94. The molecule has 5 nitrogen and oxygen atoms in total. The van der Waals surface area contributed by atoms with Gasteiger partial charge in [0.15, 0.2) is 0 Å². The Kier molecular flexibility index (Phi) is 3.98. The van der Waals surface area contributed by atoms with Crippen LogP contribution >= 0.6 is 0 Å². The van der Waals surface area contributed by atoms with E-state index in [2.05, 4.69) is 9.88 Å². The predicted octanol–water partition coefficient (Wildman–Crippen LogP) is 3.00. The molecule has 2 heterocycles. The first-order valence-corrected chi connectivity index (χ1v) is 8.66. The summed E-state index contributed by atoms with van der Waals surface area (Å²) in [5.74, 6) is 0.0799. The number of nitrogens with one attached hydrogen (secondary N) is 1. The van der Waals surface area contributed by atoms with Gasteiger partial charge in [-0.3, -0.25) is 9.69 Å². The molecule has 2 aromatic carbocycles. The molecule has 5 heteroatoms. The highest BCUT2D eigenvalue weighted by molar-refractivity contribution is 6.07. The Morgan fingerprint density at radius 1 is 1.12 bits per heavy atom. The summed E-state index contributed by atoms with van der Waals surface area (Å²) in [7, 11) is 0. The van der Waals surface area contributed by atoms with Gasteiger partial charge >= 0.3 is 0 Å². The molecule has 4 rings (SSSR count). The smallest absolute Gasteiger partial charge is 0.256 e. The molecule has 0 spiro atoms. The van der Waals surface area contributed by atoms with Gasteiger partial charge in [0.05, 0.1) is 23.3 Å². The Balaban J connectivity index is 1.80. The molecule has 0 radical (unpaired) electrons. The van der Waals surface area contributed by atoms with Crippen LogP contribution in [-0.4, -0.2) is 40.3 Å². The first-order chi connectivity index (χ1) is 12.0. The number of aromatic nitrogens is 1. The zero-order valence-corrected chi connectivity index (χ0v) is 14.5. The average Bonchev–Trinajstić information content (AvgIpc) is 2.57. The lowest BCUT2D eigenvalue weighted by Crippen LogP contribution is -2.45. The van der Waals surface area contributed by atoms with E-state index in [-0.39, 0.29) is 23.5 Å². The molecule has 130 valence electrons. The predicted molar refractivity (Wildman–Crippen MR) is 99.0 cm³/mol. The first kappa shape index (κ1) is 16.1. The number of H-pyrrole nitrogens is 1.